The predicted molar refractivity (Wildman–Crippen MR) is 95.1 cm³/mol. The van der Waals surface area contributed by atoms with Gasteiger partial charge in [0.1, 0.15) is 0 Å². The van der Waals surface area contributed by atoms with Gasteiger partial charge in [0.05, 0.1) is 6.04 Å². The quantitative estimate of drug-likeness (QED) is 0.836. The highest BCUT2D eigenvalue weighted by Gasteiger charge is 2.27. The van der Waals surface area contributed by atoms with E-state index in [1.807, 2.05) is 23.1 Å². The lowest BCUT2D eigenvalue weighted by molar-refractivity contribution is -0.133. The van der Waals surface area contributed by atoms with Gasteiger partial charge in [-0.3, -0.25) is 9.69 Å². The number of piperazine rings is 1. The van der Waals surface area contributed by atoms with Gasteiger partial charge >= 0.3 is 0 Å². The van der Waals surface area contributed by atoms with Gasteiger partial charge in [0.15, 0.2) is 0 Å². The average Bonchev–Trinajstić information content (AvgIpc) is 3.08. The minimum atomic E-state index is 0.0849. The van der Waals surface area contributed by atoms with Crippen LogP contribution in [0.3, 0.4) is 0 Å². The van der Waals surface area contributed by atoms with Crippen molar-refractivity contribution in [3.63, 3.8) is 0 Å². The van der Waals surface area contributed by atoms with Crippen LogP contribution >= 0.6 is 0 Å². The molecule has 1 amide bonds. The Bertz CT molecular complexity index is 692. The first-order chi connectivity index (χ1) is 12.0. The van der Waals surface area contributed by atoms with Gasteiger partial charge in [-0.05, 0) is 18.4 Å². The van der Waals surface area contributed by atoms with Crippen LogP contribution in [0.5, 0.6) is 0 Å². The van der Waals surface area contributed by atoms with Gasteiger partial charge in [-0.2, -0.15) is 0 Å². The second-order valence-corrected chi connectivity index (χ2v) is 6.77. The molecule has 3 rings (SSSR count). The van der Waals surface area contributed by atoms with Crippen molar-refractivity contribution in [2.75, 3.05) is 26.2 Å². The molecular weight excluding hydrogens is 316 g/mol. The van der Waals surface area contributed by atoms with E-state index in [1.54, 1.807) is 6.92 Å². The normalized spacial score (nSPS) is 18.1. The molecule has 2 heterocycles. The lowest BCUT2D eigenvalue weighted by Gasteiger charge is -2.37. The molecule has 0 N–H and O–H groups in total. The predicted octanol–water partition coefficient (Wildman–Crippen LogP) is 2.78. The summed E-state index contributed by atoms with van der Waals surface area (Å²) in [4.78, 5) is 16.9. The summed E-state index contributed by atoms with van der Waals surface area (Å²) in [5, 5.41) is 8.01. The molecule has 0 spiro atoms. The first kappa shape index (κ1) is 17.6. The first-order valence-electron chi connectivity index (χ1n) is 8.91. The number of aryl methyl sites for hydroxylation is 1. The first-order valence-corrected chi connectivity index (χ1v) is 8.91. The Balaban J connectivity index is 1.51. The third-order valence-corrected chi connectivity index (χ3v) is 4.96. The molecule has 6 nitrogen and oxygen atoms in total. The molecule has 25 heavy (non-hydrogen) atoms. The zero-order chi connectivity index (χ0) is 17.8. The van der Waals surface area contributed by atoms with E-state index >= 15 is 0 Å². The van der Waals surface area contributed by atoms with E-state index in [4.69, 9.17) is 4.42 Å². The van der Waals surface area contributed by atoms with Gasteiger partial charge in [0, 0.05) is 39.5 Å². The molecule has 2 aromatic rings. The fraction of sp³-hybridized carbons (Fsp3) is 0.526. The zero-order valence-electron chi connectivity index (χ0n) is 15.2. The van der Waals surface area contributed by atoms with Crippen LogP contribution in [-0.2, 0) is 4.79 Å². The molecule has 0 aliphatic carbocycles. The summed E-state index contributed by atoms with van der Waals surface area (Å²) >= 11 is 0. The van der Waals surface area contributed by atoms with E-state index in [2.05, 4.69) is 41.1 Å². The van der Waals surface area contributed by atoms with E-state index in [0.717, 1.165) is 26.2 Å². The van der Waals surface area contributed by atoms with Crippen LogP contribution in [0.4, 0.5) is 0 Å². The number of rotatable bonds is 5. The van der Waals surface area contributed by atoms with Crippen molar-refractivity contribution in [3.8, 4) is 0 Å². The van der Waals surface area contributed by atoms with Gasteiger partial charge < -0.3 is 9.32 Å². The highest BCUT2D eigenvalue weighted by atomic mass is 16.4. The largest absolute Gasteiger partial charge is 0.424 e. The van der Waals surface area contributed by atoms with Crippen LogP contribution < -0.4 is 0 Å². The van der Waals surface area contributed by atoms with Crippen molar-refractivity contribution < 1.29 is 9.21 Å². The van der Waals surface area contributed by atoms with Gasteiger partial charge in [0.25, 0.3) is 0 Å². The van der Waals surface area contributed by atoms with Crippen molar-refractivity contribution in [1.29, 1.82) is 0 Å². The maximum absolute atomic E-state index is 12.6. The molecule has 1 aromatic heterocycles. The monoisotopic (exact) mass is 342 g/mol. The molecule has 1 aliphatic rings. The molecular formula is C19H26N4O2. The van der Waals surface area contributed by atoms with Crippen LogP contribution in [0.15, 0.2) is 34.7 Å². The second kappa shape index (κ2) is 7.78. The van der Waals surface area contributed by atoms with Crippen molar-refractivity contribution in [1.82, 2.24) is 20.0 Å². The Morgan fingerprint density at radius 1 is 1.12 bits per heavy atom. The Hall–Kier alpha value is -2.21. The topological polar surface area (TPSA) is 62.5 Å². The number of carbonyl (C=O) groups excluding carboxylic acids is 1. The second-order valence-electron chi connectivity index (χ2n) is 6.77. The van der Waals surface area contributed by atoms with Crippen molar-refractivity contribution >= 4 is 5.91 Å². The van der Waals surface area contributed by atoms with Gasteiger partial charge in [-0.15, -0.1) is 10.2 Å². The minimum Gasteiger partial charge on any atom is -0.424 e. The van der Waals surface area contributed by atoms with Crippen LogP contribution in [0, 0.1) is 6.92 Å². The molecule has 1 aromatic carbocycles. The van der Waals surface area contributed by atoms with Gasteiger partial charge in [-0.1, -0.05) is 37.3 Å². The number of hydrogen-bond acceptors (Lipinski definition) is 5. The van der Waals surface area contributed by atoms with Crippen molar-refractivity contribution in [2.24, 2.45) is 0 Å². The molecule has 0 bridgehead atoms. The maximum atomic E-state index is 12.6. The summed E-state index contributed by atoms with van der Waals surface area (Å²) in [5.74, 6) is 1.71. The van der Waals surface area contributed by atoms with Crippen LogP contribution in [0.1, 0.15) is 49.6 Å². The Kier molecular flexibility index (Phi) is 5.48. The van der Waals surface area contributed by atoms with Gasteiger partial charge in [-0.25, -0.2) is 0 Å². The summed E-state index contributed by atoms with van der Waals surface area (Å²) in [6.07, 6.45) is 0.558. The third-order valence-electron chi connectivity index (χ3n) is 4.96. The highest BCUT2D eigenvalue weighted by Crippen LogP contribution is 2.23. The Labute approximate surface area is 148 Å². The molecule has 1 aliphatic heterocycles. The molecule has 1 fully saturated rings. The number of aromatic nitrogens is 2. The summed E-state index contributed by atoms with van der Waals surface area (Å²) in [6, 6.07) is 10.3. The van der Waals surface area contributed by atoms with E-state index in [1.165, 1.54) is 5.56 Å². The lowest BCUT2D eigenvalue weighted by atomic mass is 9.97. The zero-order valence-corrected chi connectivity index (χ0v) is 15.2. The summed E-state index contributed by atoms with van der Waals surface area (Å²) < 4.78 is 5.53. The molecule has 2 atom stereocenters. The smallest absolute Gasteiger partial charge is 0.233 e. The molecule has 1 saturated heterocycles. The van der Waals surface area contributed by atoms with E-state index in [9.17, 15) is 4.79 Å². The number of carbonyl (C=O) groups is 1. The summed E-state index contributed by atoms with van der Waals surface area (Å²) in [6.45, 7) is 9.14. The van der Waals surface area contributed by atoms with Gasteiger partial charge in [0.2, 0.25) is 17.7 Å². The number of nitrogens with zero attached hydrogens (tertiary/aromatic N) is 4. The summed E-state index contributed by atoms with van der Waals surface area (Å²) in [7, 11) is 0. The Morgan fingerprint density at radius 3 is 2.40 bits per heavy atom. The number of hydrogen-bond donors (Lipinski definition) is 0. The van der Waals surface area contributed by atoms with Crippen LogP contribution in [0.25, 0.3) is 0 Å². The molecule has 6 heteroatoms. The molecule has 134 valence electrons. The van der Waals surface area contributed by atoms with Crippen molar-refractivity contribution in [3.05, 3.63) is 47.7 Å². The molecule has 0 saturated carbocycles. The van der Waals surface area contributed by atoms with Crippen molar-refractivity contribution in [2.45, 2.75) is 39.2 Å². The van der Waals surface area contributed by atoms with E-state index in [-0.39, 0.29) is 17.9 Å². The SMILES string of the molecule is Cc1nnc([C@H](C)N2CCN(C(=O)C[C@@H](C)c3ccccc3)CC2)o1. The molecule has 0 radical (unpaired) electrons. The third kappa shape index (κ3) is 4.25. The van der Waals surface area contributed by atoms with Crippen LogP contribution in [0.2, 0.25) is 0 Å². The van der Waals surface area contributed by atoms with Crippen LogP contribution in [-0.4, -0.2) is 52.1 Å². The van der Waals surface area contributed by atoms with E-state index < -0.39 is 0 Å². The molecule has 0 unspecified atom stereocenters. The fourth-order valence-electron chi connectivity index (χ4n) is 3.29. The minimum absolute atomic E-state index is 0.0849. The van der Waals surface area contributed by atoms with E-state index in [0.29, 0.717) is 18.2 Å². The fourth-order valence-corrected chi connectivity index (χ4v) is 3.29. The summed E-state index contributed by atoms with van der Waals surface area (Å²) in [5.41, 5.74) is 1.22. The average molecular weight is 342 g/mol. The number of amides is 1. The highest BCUT2D eigenvalue weighted by molar-refractivity contribution is 5.77. The number of benzene rings is 1. The maximum Gasteiger partial charge on any atom is 0.233 e. The standard InChI is InChI=1S/C19H26N4O2/c1-14(17-7-5-4-6-8-17)13-18(24)23-11-9-22(10-12-23)15(2)19-21-20-16(3)25-19/h4-8,14-15H,9-13H2,1-3H3/t14-,15+/m1/s1. The Morgan fingerprint density at radius 2 is 1.80 bits per heavy atom. The lowest BCUT2D eigenvalue weighted by Crippen LogP contribution is -2.49.